The second kappa shape index (κ2) is 7.30. The van der Waals surface area contributed by atoms with Crippen LogP contribution < -0.4 is 10.3 Å². The second-order valence-electron chi connectivity index (χ2n) is 6.83. The van der Waals surface area contributed by atoms with Crippen molar-refractivity contribution in [2.24, 2.45) is 0 Å². The van der Waals surface area contributed by atoms with Crippen molar-refractivity contribution in [1.82, 2.24) is 19.9 Å². The highest BCUT2D eigenvalue weighted by Crippen LogP contribution is 2.21. The number of H-pyrrole nitrogens is 1. The number of rotatable bonds is 3. The number of nitrogens with zero attached hydrogens (tertiary/aromatic N) is 3. The number of Topliss-reactive ketones (excluding diaryl/α,β-unsaturated/α-hetero) is 1. The van der Waals surface area contributed by atoms with E-state index in [-0.39, 0.29) is 23.4 Å². The number of piperidine rings is 1. The summed E-state index contributed by atoms with van der Waals surface area (Å²) in [6.07, 6.45) is 7.79. The summed E-state index contributed by atoms with van der Waals surface area (Å²) in [6, 6.07) is 1.47. The van der Waals surface area contributed by atoms with Gasteiger partial charge < -0.3 is 14.6 Å². The van der Waals surface area contributed by atoms with Gasteiger partial charge in [-0.05, 0) is 18.9 Å². The lowest BCUT2D eigenvalue weighted by atomic mass is 9.93. The van der Waals surface area contributed by atoms with Gasteiger partial charge >= 0.3 is 0 Å². The zero-order chi connectivity index (χ0) is 18.8. The summed E-state index contributed by atoms with van der Waals surface area (Å²) in [4.78, 5) is 49.7. The third-order valence-corrected chi connectivity index (χ3v) is 5.04. The Kier molecular flexibility index (Phi) is 4.70. The summed E-state index contributed by atoms with van der Waals surface area (Å²) in [5, 5.41) is 0. The summed E-state index contributed by atoms with van der Waals surface area (Å²) in [5.41, 5.74) is 0.734. The number of aromatic amines is 1. The van der Waals surface area contributed by atoms with Gasteiger partial charge in [-0.2, -0.15) is 0 Å². The molecule has 0 atom stereocenters. The summed E-state index contributed by atoms with van der Waals surface area (Å²) in [7, 11) is 0. The maximum absolute atomic E-state index is 12.8. The van der Waals surface area contributed by atoms with Gasteiger partial charge in [0.25, 0.3) is 11.5 Å². The molecule has 140 valence electrons. The molecule has 1 aliphatic heterocycles. The minimum absolute atomic E-state index is 0.0161. The standard InChI is InChI=1S/C19H20N4O4/c24-16-3-1-2-15-13(16)10-14(18(25)22-15)19(26)23-8-4-12(5-9-23)27-17-11-20-6-7-21-17/h6-7,10-12H,1-5,8-9H2,(H,22,25). The minimum atomic E-state index is -0.425. The van der Waals surface area contributed by atoms with Gasteiger partial charge in [0.1, 0.15) is 11.7 Å². The first-order chi connectivity index (χ1) is 13.1. The van der Waals surface area contributed by atoms with Crippen LogP contribution in [0.2, 0.25) is 0 Å². The fourth-order valence-electron chi connectivity index (χ4n) is 3.60. The summed E-state index contributed by atoms with van der Waals surface area (Å²) in [5.74, 6) is 0.111. The molecule has 4 rings (SSSR count). The number of aromatic nitrogens is 3. The average molecular weight is 368 g/mol. The van der Waals surface area contributed by atoms with E-state index in [1.165, 1.54) is 6.07 Å². The Morgan fingerprint density at radius 3 is 2.74 bits per heavy atom. The molecule has 1 amide bonds. The van der Waals surface area contributed by atoms with E-state index in [4.69, 9.17) is 4.74 Å². The van der Waals surface area contributed by atoms with Gasteiger partial charge in [-0.25, -0.2) is 4.98 Å². The molecule has 0 bridgehead atoms. The predicted molar refractivity (Wildman–Crippen MR) is 95.9 cm³/mol. The number of fused-ring (bicyclic) bond motifs is 1. The highest BCUT2D eigenvalue weighted by atomic mass is 16.5. The number of ether oxygens (including phenoxy) is 1. The van der Waals surface area contributed by atoms with Gasteiger partial charge in [-0.1, -0.05) is 0 Å². The lowest BCUT2D eigenvalue weighted by Crippen LogP contribution is -2.43. The van der Waals surface area contributed by atoms with Crippen molar-refractivity contribution in [3.63, 3.8) is 0 Å². The molecule has 0 saturated carbocycles. The van der Waals surface area contributed by atoms with Gasteiger partial charge in [-0.3, -0.25) is 19.4 Å². The molecule has 1 saturated heterocycles. The van der Waals surface area contributed by atoms with Crippen molar-refractivity contribution in [2.45, 2.75) is 38.2 Å². The molecule has 0 spiro atoms. The molecule has 3 heterocycles. The monoisotopic (exact) mass is 368 g/mol. The van der Waals surface area contributed by atoms with Crippen LogP contribution >= 0.6 is 0 Å². The lowest BCUT2D eigenvalue weighted by Gasteiger charge is -2.31. The highest BCUT2D eigenvalue weighted by Gasteiger charge is 2.28. The van der Waals surface area contributed by atoms with Crippen molar-refractivity contribution in [3.05, 3.63) is 51.8 Å². The summed E-state index contributed by atoms with van der Waals surface area (Å²) >= 11 is 0. The first-order valence-corrected chi connectivity index (χ1v) is 9.13. The smallest absolute Gasteiger partial charge is 0.261 e. The Morgan fingerprint density at radius 1 is 1.19 bits per heavy atom. The normalized spacial score (nSPS) is 17.5. The molecule has 2 aliphatic rings. The quantitative estimate of drug-likeness (QED) is 0.877. The molecule has 0 unspecified atom stereocenters. The third kappa shape index (κ3) is 3.60. The Morgan fingerprint density at radius 2 is 2.00 bits per heavy atom. The Hall–Kier alpha value is -3.03. The van der Waals surface area contributed by atoms with Crippen LogP contribution in [0.4, 0.5) is 0 Å². The van der Waals surface area contributed by atoms with Crippen LogP contribution in [-0.2, 0) is 6.42 Å². The maximum Gasteiger partial charge on any atom is 0.261 e. The number of hydrogen-bond donors (Lipinski definition) is 1. The zero-order valence-electron chi connectivity index (χ0n) is 14.8. The maximum atomic E-state index is 12.8. The van der Waals surface area contributed by atoms with Crippen LogP contribution in [0, 0.1) is 0 Å². The Balaban J connectivity index is 1.44. The van der Waals surface area contributed by atoms with Crippen molar-refractivity contribution in [2.75, 3.05) is 13.1 Å². The molecule has 8 heteroatoms. The topological polar surface area (TPSA) is 105 Å². The molecule has 1 aliphatic carbocycles. The van der Waals surface area contributed by atoms with Crippen molar-refractivity contribution < 1.29 is 14.3 Å². The van der Waals surface area contributed by atoms with Gasteiger partial charge in [0.2, 0.25) is 5.88 Å². The fourth-order valence-corrected chi connectivity index (χ4v) is 3.60. The van der Waals surface area contributed by atoms with E-state index in [0.717, 1.165) is 6.42 Å². The molecule has 2 aromatic rings. The number of hydrogen-bond acceptors (Lipinski definition) is 6. The molecular weight excluding hydrogens is 348 g/mol. The number of ketones is 1. The van der Waals surface area contributed by atoms with Crippen LogP contribution in [-0.4, -0.2) is 50.7 Å². The van der Waals surface area contributed by atoms with Crippen LogP contribution in [0.5, 0.6) is 5.88 Å². The number of likely N-dealkylation sites (tertiary alicyclic amines) is 1. The third-order valence-electron chi connectivity index (χ3n) is 5.04. The number of pyridine rings is 1. The van der Waals surface area contributed by atoms with Gasteiger partial charge in [-0.15, -0.1) is 0 Å². The number of amides is 1. The molecule has 2 aromatic heterocycles. The van der Waals surface area contributed by atoms with Gasteiger partial charge in [0.05, 0.1) is 6.20 Å². The van der Waals surface area contributed by atoms with Gasteiger partial charge in [0, 0.05) is 56.0 Å². The predicted octanol–water partition coefficient (Wildman–Crippen LogP) is 1.37. The number of nitrogens with one attached hydrogen (secondary N) is 1. The first-order valence-electron chi connectivity index (χ1n) is 9.13. The lowest BCUT2D eigenvalue weighted by molar-refractivity contribution is 0.0585. The molecule has 27 heavy (non-hydrogen) atoms. The van der Waals surface area contributed by atoms with Crippen LogP contribution in [0.15, 0.2) is 29.5 Å². The SMILES string of the molecule is O=C1CCCc2[nH]c(=O)c(C(=O)N3CCC(Oc4cnccn4)CC3)cc21. The van der Waals surface area contributed by atoms with E-state index < -0.39 is 5.56 Å². The average Bonchev–Trinajstić information content (AvgIpc) is 2.69. The highest BCUT2D eigenvalue weighted by molar-refractivity contribution is 6.01. The fraction of sp³-hybridized carbons (Fsp3) is 0.421. The molecular formula is C19H20N4O4. The molecule has 1 N–H and O–H groups in total. The molecule has 0 radical (unpaired) electrons. The van der Waals surface area contributed by atoms with E-state index in [2.05, 4.69) is 15.0 Å². The van der Waals surface area contributed by atoms with E-state index in [1.54, 1.807) is 23.5 Å². The van der Waals surface area contributed by atoms with Crippen LogP contribution in [0.25, 0.3) is 0 Å². The molecule has 0 aromatic carbocycles. The Bertz CT molecular complexity index is 917. The number of carbonyl (C=O) groups excluding carboxylic acids is 2. The van der Waals surface area contributed by atoms with Crippen molar-refractivity contribution in [1.29, 1.82) is 0 Å². The van der Waals surface area contributed by atoms with Gasteiger partial charge in [0.15, 0.2) is 5.78 Å². The molecule has 8 nitrogen and oxygen atoms in total. The van der Waals surface area contributed by atoms with E-state index in [1.807, 2.05) is 0 Å². The van der Waals surface area contributed by atoms with E-state index in [0.29, 0.717) is 55.9 Å². The zero-order valence-corrected chi connectivity index (χ0v) is 14.8. The first kappa shape index (κ1) is 17.4. The summed E-state index contributed by atoms with van der Waals surface area (Å²) in [6.45, 7) is 0.961. The second-order valence-corrected chi connectivity index (χ2v) is 6.83. The van der Waals surface area contributed by atoms with Crippen LogP contribution in [0.1, 0.15) is 52.1 Å². The van der Waals surface area contributed by atoms with E-state index in [9.17, 15) is 14.4 Å². The number of carbonyl (C=O) groups is 2. The summed E-state index contributed by atoms with van der Waals surface area (Å²) < 4.78 is 5.78. The largest absolute Gasteiger partial charge is 0.473 e. The van der Waals surface area contributed by atoms with E-state index >= 15 is 0 Å². The van der Waals surface area contributed by atoms with Crippen LogP contribution in [0.3, 0.4) is 0 Å². The Labute approximate surface area is 155 Å². The van der Waals surface area contributed by atoms with Crippen molar-refractivity contribution in [3.8, 4) is 5.88 Å². The number of aryl methyl sites for hydroxylation is 1. The van der Waals surface area contributed by atoms with Crippen molar-refractivity contribution >= 4 is 11.7 Å². The minimum Gasteiger partial charge on any atom is -0.473 e. The molecule has 1 fully saturated rings.